The summed E-state index contributed by atoms with van der Waals surface area (Å²) >= 11 is 0. The molecule has 1 atom stereocenters. The maximum absolute atomic E-state index is 13.3. The molecule has 0 bridgehead atoms. The number of hydrogen-bond acceptors (Lipinski definition) is 5. The highest BCUT2D eigenvalue weighted by Gasteiger charge is 2.33. The van der Waals surface area contributed by atoms with E-state index in [1.54, 1.807) is 12.1 Å². The minimum Gasteiger partial charge on any atom is -0.307 e. The fraction of sp³-hybridized carbons (Fsp3) is 0.381. The molecular formula is C21H24N4O3. The number of anilines is 1. The molecule has 1 unspecified atom stereocenters. The zero-order valence-electron chi connectivity index (χ0n) is 16.0. The summed E-state index contributed by atoms with van der Waals surface area (Å²) in [6.07, 6.45) is 0.934. The third kappa shape index (κ3) is 3.63. The van der Waals surface area contributed by atoms with Crippen LogP contribution in [0.5, 0.6) is 0 Å². The summed E-state index contributed by atoms with van der Waals surface area (Å²) in [7, 11) is 2.14. The molecule has 0 saturated carbocycles. The standard InChI is InChI=1S/C21H24N4O3/c1-22-10-12-23(13-11-22)19-14-17-4-2-3-5-20(17)24(15-19)21(26)16-6-8-18(9-7-16)25(27)28/h2-9,19H,10-15H2,1H3. The first kappa shape index (κ1) is 18.6. The summed E-state index contributed by atoms with van der Waals surface area (Å²) in [5.74, 6) is -0.110. The van der Waals surface area contributed by atoms with Gasteiger partial charge in [0, 0.05) is 62.1 Å². The zero-order valence-corrected chi connectivity index (χ0v) is 16.0. The average Bonchev–Trinajstić information content (AvgIpc) is 2.73. The summed E-state index contributed by atoms with van der Waals surface area (Å²) in [5, 5.41) is 10.9. The molecular weight excluding hydrogens is 356 g/mol. The Balaban J connectivity index is 1.60. The Hall–Kier alpha value is -2.77. The van der Waals surface area contributed by atoms with Gasteiger partial charge in [-0.05, 0) is 37.2 Å². The number of nitro benzene ring substituents is 1. The summed E-state index contributed by atoms with van der Waals surface area (Å²) in [4.78, 5) is 30.3. The second-order valence-electron chi connectivity index (χ2n) is 7.55. The highest BCUT2D eigenvalue weighted by Crippen LogP contribution is 2.30. The van der Waals surface area contributed by atoms with E-state index in [1.807, 2.05) is 23.1 Å². The largest absolute Gasteiger partial charge is 0.307 e. The Morgan fingerprint density at radius 2 is 1.71 bits per heavy atom. The summed E-state index contributed by atoms with van der Waals surface area (Å²) < 4.78 is 0. The van der Waals surface area contributed by atoms with E-state index in [0.29, 0.717) is 12.1 Å². The second-order valence-corrected chi connectivity index (χ2v) is 7.55. The van der Waals surface area contributed by atoms with Crippen LogP contribution in [0.25, 0.3) is 0 Å². The van der Waals surface area contributed by atoms with Crippen LogP contribution in [0.15, 0.2) is 48.5 Å². The Morgan fingerprint density at radius 3 is 2.39 bits per heavy atom. The first-order valence-corrected chi connectivity index (χ1v) is 9.60. The monoisotopic (exact) mass is 380 g/mol. The molecule has 28 heavy (non-hydrogen) atoms. The lowest BCUT2D eigenvalue weighted by atomic mass is 9.95. The molecule has 0 aromatic heterocycles. The van der Waals surface area contributed by atoms with Crippen molar-refractivity contribution in [1.82, 2.24) is 9.80 Å². The third-order valence-corrected chi connectivity index (χ3v) is 5.76. The number of hydrogen-bond donors (Lipinski definition) is 0. The molecule has 2 aromatic carbocycles. The molecule has 0 aliphatic carbocycles. The van der Waals surface area contributed by atoms with Gasteiger partial charge in [0.1, 0.15) is 0 Å². The molecule has 146 valence electrons. The fourth-order valence-electron chi connectivity index (χ4n) is 4.08. The number of nitrogens with zero attached hydrogens (tertiary/aromatic N) is 4. The van der Waals surface area contributed by atoms with Crippen molar-refractivity contribution in [3.8, 4) is 0 Å². The molecule has 2 heterocycles. The number of amides is 1. The normalized spacial score (nSPS) is 20.6. The highest BCUT2D eigenvalue weighted by molar-refractivity contribution is 6.07. The quantitative estimate of drug-likeness (QED) is 0.604. The number of carbonyl (C=O) groups is 1. The first-order valence-electron chi connectivity index (χ1n) is 9.60. The predicted octanol–water partition coefficient (Wildman–Crippen LogP) is 2.41. The van der Waals surface area contributed by atoms with E-state index in [2.05, 4.69) is 22.9 Å². The Bertz CT molecular complexity index is 875. The number of piperazine rings is 1. The van der Waals surface area contributed by atoms with Crippen molar-refractivity contribution < 1.29 is 9.72 Å². The molecule has 2 aliphatic rings. The lowest BCUT2D eigenvalue weighted by Crippen LogP contribution is -2.55. The van der Waals surface area contributed by atoms with Gasteiger partial charge in [0.05, 0.1) is 4.92 Å². The van der Waals surface area contributed by atoms with Crippen LogP contribution in [-0.4, -0.2) is 66.4 Å². The number of para-hydroxylation sites is 1. The van der Waals surface area contributed by atoms with Gasteiger partial charge < -0.3 is 9.80 Å². The number of non-ortho nitro benzene ring substituents is 1. The van der Waals surface area contributed by atoms with Crippen molar-refractivity contribution in [2.75, 3.05) is 44.7 Å². The van der Waals surface area contributed by atoms with Gasteiger partial charge in [-0.25, -0.2) is 0 Å². The lowest BCUT2D eigenvalue weighted by Gasteiger charge is -2.43. The second kappa shape index (κ2) is 7.69. The molecule has 4 rings (SSSR count). The van der Waals surface area contributed by atoms with Gasteiger partial charge in [-0.1, -0.05) is 18.2 Å². The molecule has 1 fully saturated rings. The highest BCUT2D eigenvalue weighted by atomic mass is 16.6. The van der Waals surface area contributed by atoms with E-state index < -0.39 is 4.92 Å². The summed E-state index contributed by atoms with van der Waals surface area (Å²) in [6, 6.07) is 14.2. The molecule has 0 spiro atoms. The number of benzene rings is 2. The van der Waals surface area contributed by atoms with Crippen LogP contribution in [0, 0.1) is 10.1 Å². The molecule has 0 radical (unpaired) electrons. The molecule has 0 N–H and O–H groups in total. The maximum Gasteiger partial charge on any atom is 0.269 e. The van der Waals surface area contributed by atoms with Crippen LogP contribution in [0.3, 0.4) is 0 Å². The molecule has 1 saturated heterocycles. The van der Waals surface area contributed by atoms with Gasteiger partial charge in [0.25, 0.3) is 11.6 Å². The van der Waals surface area contributed by atoms with Crippen molar-refractivity contribution in [3.05, 3.63) is 69.8 Å². The van der Waals surface area contributed by atoms with Crippen LogP contribution < -0.4 is 4.90 Å². The van der Waals surface area contributed by atoms with Crippen molar-refractivity contribution in [2.45, 2.75) is 12.5 Å². The third-order valence-electron chi connectivity index (χ3n) is 5.76. The fourth-order valence-corrected chi connectivity index (χ4v) is 4.08. The van der Waals surface area contributed by atoms with Crippen LogP contribution >= 0.6 is 0 Å². The van der Waals surface area contributed by atoms with Crippen molar-refractivity contribution >= 4 is 17.3 Å². The number of carbonyl (C=O) groups excluding carboxylic acids is 1. The van der Waals surface area contributed by atoms with Crippen LogP contribution in [0.4, 0.5) is 11.4 Å². The molecule has 1 amide bonds. The van der Waals surface area contributed by atoms with Crippen LogP contribution in [-0.2, 0) is 6.42 Å². The number of nitro groups is 1. The van der Waals surface area contributed by atoms with Gasteiger partial charge in [-0.2, -0.15) is 0 Å². The van der Waals surface area contributed by atoms with Crippen LogP contribution in [0.2, 0.25) is 0 Å². The SMILES string of the molecule is CN1CCN(C2Cc3ccccc3N(C(=O)c3ccc([N+](=O)[O-])cc3)C2)CC1. The smallest absolute Gasteiger partial charge is 0.269 e. The average molecular weight is 380 g/mol. The van der Waals surface area contributed by atoms with E-state index in [0.717, 1.165) is 38.3 Å². The lowest BCUT2D eigenvalue weighted by molar-refractivity contribution is -0.384. The Morgan fingerprint density at radius 1 is 1.04 bits per heavy atom. The predicted molar refractivity (Wildman–Crippen MR) is 108 cm³/mol. The summed E-state index contributed by atoms with van der Waals surface area (Å²) in [6.45, 7) is 4.71. The van der Waals surface area contributed by atoms with Gasteiger partial charge >= 0.3 is 0 Å². The van der Waals surface area contributed by atoms with Crippen molar-refractivity contribution in [1.29, 1.82) is 0 Å². The minimum absolute atomic E-state index is 0.00842. The zero-order chi connectivity index (χ0) is 19.7. The van der Waals surface area contributed by atoms with E-state index >= 15 is 0 Å². The van der Waals surface area contributed by atoms with Crippen molar-refractivity contribution in [3.63, 3.8) is 0 Å². The number of fused-ring (bicyclic) bond motifs is 1. The van der Waals surface area contributed by atoms with E-state index in [9.17, 15) is 14.9 Å². The van der Waals surface area contributed by atoms with E-state index in [1.165, 1.54) is 17.7 Å². The molecule has 2 aliphatic heterocycles. The molecule has 7 heteroatoms. The summed E-state index contributed by atoms with van der Waals surface area (Å²) in [5.41, 5.74) is 2.58. The first-order chi connectivity index (χ1) is 13.5. The van der Waals surface area contributed by atoms with Gasteiger partial charge in [-0.3, -0.25) is 19.8 Å². The van der Waals surface area contributed by atoms with Gasteiger partial charge in [-0.15, -0.1) is 0 Å². The Labute approximate surface area is 164 Å². The minimum atomic E-state index is -0.451. The molecule has 2 aromatic rings. The number of likely N-dealkylation sites (N-methyl/N-ethyl adjacent to an activating group) is 1. The van der Waals surface area contributed by atoms with Gasteiger partial charge in [0.15, 0.2) is 0 Å². The maximum atomic E-state index is 13.3. The molecule has 7 nitrogen and oxygen atoms in total. The number of rotatable bonds is 3. The van der Waals surface area contributed by atoms with E-state index in [4.69, 9.17) is 0 Å². The topological polar surface area (TPSA) is 69.9 Å². The van der Waals surface area contributed by atoms with Gasteiger partial charge in [0.2, 0.25) is 0 Å². The van der Waals surface area contributed by atoms with Crippen LogP contribution in [0.1, 0.15) is 15.9 Å². The van der Waals surface area contributed by atoms with E-state index in [-0.39, 0.29) is 17.6 Å². The Kier molecular flexibility index (Phi) is 5.11. The van der Waals surface area contributed by atoms with Crippen molar-refractivity contribution in [2.24, 2.45) is 0 Å².